The molecule has 0 fully saturated rings. The lowest BCUT2D eigenvalue weighted by Gasteiger charge is -2.28. The summed E-state index contributed by atoms with van der Waals surface area (Å²) < 4.78 is 2.72. The van der Waals surface area contributed by atoms with E-state index < -0.39 is 0 Å². The Morgan fingerprint density at radius 1 is 0.444 bits per heavy atom. The molecule has 1 aliphatic carbocycles. The lowest BCUT2D eigenvalue weighted by Crippen LogP contribution is -2.16. The van der Waals surface area contributed by atoms with Crippen LogP contribution in [-0.2, 0) is 5.41 Å². The minimum absolute atomic E-state index is 0.106. The molecule has 9 rings (SSSR count). The third-order valence-electron chi connectivity index (χ3n) is 9.66. The lowest BCUT2D eigenvalue weighted by atomic mass is 9.82. The van der Waals surface area contributed by atoms with Crippen LogP contribution in [0, 0.1) is 0 Å². The highest BCUT2D eigenvalue weighted by molar-refractivity contribution is 7.25. The molecule has 0 spiro atoms. The molecule has 1 nitrogen and oxygen atoms in total. The summed E-state index contributed by atoms with van der Waals surface area (Å²) in [5.74, 6) is 0. The van der Waals surface area contributed by atoms with E-state index in [1.807, 2.05) is 11.3 Å². The van der Waals surface area contributed by atoms with Gasteiger partial charge in [-0.25, -0.2) is 0 Å². The zero-order valence-electron chi connectivity index (χ0n) is 25.3. The molecule has 0 bridgehead atoms. The van der Waals surface area contributed by atoms with E-state index in [1.165, 1.54) is 70.0 Å². The fourth-order valence-electron chi connectivity index (χ4n) is 7.37. The molecule has 214 valence electrons. The Labute approximate surface area is 267 Å². The molecule has 8 aromatic rings. The molecule has 2 heteroatoms. The van der Waals surface area contributed by atoms with E-state index in [0.717, 1.165) is 11.4 Å². The van der Waals surface area contributed by atoms with Crippen molar-refractivity contribution in [1.29, 1.82) is 0 Å². The summed E-state index contributed by atoms with van der Waals surface area (Å²) in [6.45, 7) is 4.76. The van der Waals surface area contributed by atoms with Crippen molar-refractivity contribution in [2.24, 2.45) is 0 Å². The minimum atomic E-state index is -0.106. The van der Waals surface area contributed by atoms with Crippen molar-refractivity contribution in [1.82, 2.24) is 0 Å². The van der Waals surface area contributed by atoms with Gasteiger partial charge in [-0.2, -0.15) is 0 Å². The third-order valence-corrected chi connectivity index (χ3v) is 10.8. The molecule has 45 heavy (non-hydrogen) atoms. The molecule has 0 N–H and O–H groups in total. The van der Waals surface area contributed by atoms with Gasteiger partial charge >= 0.3 is 0 Å². The lowest BCUT2D eigenvalue weighted by molar-refractivity contribution is 0.661. The standard InChI is InChI=1S/C43H31NS/c1-43(2)39-25-32(23-24-35(39)37-26-38-36-16-8-9-18-41(36)45-42(38)27-40(37)43)44(30-13-4-3-5-14-30)31-21-19-29(20-22-31)34-17-10-12-28-11-6-7-15-33(28)34/h3-27H,1-2H3. The summed E-state index contributed by atoms with van der Waals surface area (Å²) in [5, 5.41) is 5.25. The Kier molecular flexibility index (Phi) is 5.78. The highest BCUT2D eigenvalue weighted by Gasteiger charge is 2.36. The Balaban J connectivity index is 1.17. The van der Waals surface area contributed by atoms with E-state index in [0.29, 0.717) is 0 Å². The van der Waals surface area contributed by atoms with Crippen LogP contribution in [0.25, 0.3) is 53.2 Å². The molecule has 0 radical (unpaired) electrons. The zero-order valence-corrected chi connectivity index (χ0v) is 26.1. The number of thiophene rings is 1. The van der Waals surface area contributed by atoms with Gasteiger partial charge in [-0.3, -0.25) is 0 Å². The van der Waals surface area contributed by atoms with E-state index >= 15 is 0 Å². The predicted octanol–water partition coefficient (Wildman–Crippen LogP) is 12.7. The number of rotatable bonds is 4. The number of benzene rings is 7. The molecule has 1 aliphatic rings. The molecule has 0 saturated carbocycles. The second-order valence-corrected chi connectivity index (χ2v) is 13.7. The molecule has 1 aromatic heterocycles. The van der Waals surface area contributed by atoms with Crippen LogP contribution < -0.4 is 4.90 Å². The quantitative estimate of drug-likeness (QED) is 0.196. The monoisotopic (exact) mass is 593 g/mol. The molecule has 0 atom stereocenters. The van der Waals surface area contributed by atoms with Gasteiger partial charge in [-0.05, 0) is 98.8 Å². The van der Waals surface area contributed by atoms with Crippen LogP contribution in [0.4, 0.5) is 17.1 Å². The van der Waals surface area contributed by atoms with Crippen molar-refractivity contribution < 1.29 is 0 Å². The Bertz CT molecular complexity index is 2390. The van der Waals surface area contributed by atoms with Crippen molar-refractivity contribution >= 4 is 59.3 Å². The van der Waals surface area contributed by atoms with Gasteiger partial charge in [-0.1, -0.05) is 111 Å². The predicted molar refractivity (Wildman–Crippen MR) is 195 cm³/mol. The first kappa shape index (κ1) is 26.2. The summed E-state index contributed by atoms with van der Waals surface area (Å²) >= 11 is 1.90. The van der Waals surface area contributed by atoms with E-state index in [9.17, 15) is 0 Å². The van der Waals surface area contributed by atoms with Gasteiger partial charge in [0.05, 0.1) is 0 Å². The molecular weight excluding hydrogens is 563 g/mol. The van der Waals surface area contributed by atoms with Crippen LogP contribution in [0.2, 0.25) is 0 Å². The van der Waals surface area contributed by atoms with E-state index in [4.69, 9.17) is 0 Å². The second kappa shape index (κ2) is 9.92. The van der Waals surface area contributed by atoms with Gasteiger partial charge in [0.25, 0.3) is 0 Å². The highest BCUT2D eigenvalue weighted by Crippen LogP contribution is 2.53. The van der Waals surface area contributed by atoms with Gasteiger partial charge in [0, 0.05) is 42.6 Å². The Morgan fingerprint density at radius 3 is 1.96 bits per heavy atom. The van der Waals surface area contributed by atoms with Crippen LogP contribution in [0.5, 0.6) is 0 Å². The second-order valence-electron chi connectivity index (χ2n) is 12.6. The zero-order chi connectivity index (χ0) is 30.1. The van der Waals surface area contributed by atoms with Crippen LogP contribution in [-0.4, -0.2) is 0 Å². The summed E-state index contributed by atoms with van der Waals surface area (Å²) in [5.41, 5.74) is 11.3. The first-order chi connectivity index (χ1) is 22.1. The number of fused-ring (bicyclic) bond motifs is 7. The van der Waals surface area contributed by atoms with Gasteiger partial charge in [0.1, 0.15) is 0 Å². The summed E-state index contributed by atoms with van der Waals surface area (Å²) in [7, 11) is 0. The maximum Gasteiger partial charge on any atom is 0.0465 e. The molecule has 0 aliphatic heterocycles. The maximum absolute atomic E-state index is 2.45. The Morgan fingerprint density at radius 2 is 1.11 bits per heavy atom. The molecule has 1 heterocycles. The minimum Gasteiger partial charge on any atom is -0.310 e. The first-order valence-corrected chi connectivity index (χ1v) is 16.4. The Hall–Kier alpha value is -5.18. The largest absolute Gasteiger partial charge is 0.310 e. The number of hydrogen-bond acceptors (Lipinski definition) is 2. The van der Waals surface area contributed by atoms with Crippen molar-refractivity contribution in [2.75, 3.05) is 4.90 Å². The van der Waals surface area contributed by atoms with Crippen LogP contribution in [0.3, 0.4) is 0 Å². The molecular formula is C43H31NS. The van der Waals surface area contributed by atoms with Gasteiger partial charge in [-0.15, -0.1) is 11.3 Å². The number of anilines is 3. The number of hydrogen-bond donors (Lipinski definition) is 0. The van der Waals surface area contributed by atoms with Crippen molar-refractivity contribution in [2.45, 2.75) is 19.3 Å². The van der Waals surface area contributed by atoms with E-state index in [1.54, 1.807) is 0 Å². The molecule has 0 amide bonds. The molecule has 0 saturated heterocycles. The van der Waals surface area contributed by atoms with Gasteiger partial charge < -0.3 is 4.90 Å². The fraction of sp³-hybridized carbons (Fsp3) is 0.0698. The molecule has 7 aromatic carbocycles. The number of nitrogens with zero attached hydrogens (tertiary/aromatic N) is 1. The van der Waals surface area contributed by atoms with E-state index in [2.05, 4.69) is 170 Å². The summed E-state index contributed by atoms with van der Waals surface area (Å²) in [6.07, 6.45) is 0. The van der Waals surface area contributed by atoms with Crippen molar-refractivity contribution in [3.63, 3.8) is 0 Å². The normalized spacial score (nSPS) is 13.3. The van der Waals surface area contributed by atoms with Crippen molar-refractivity contribution in [3.05, 3.63) is 163 Å². The average molecular weight is 594 g/mol. The van der Waals surface area contributed by atoms with Crippen LogP contribution in [0.1, 0.15) is 25.0 Å². The smallest absolute Gasteiger partial charge is 0.0465 e. The SMILES string of the molecule is CC1(C)c2cc(N(c3ccccc3)c3ccc(-c4cccc5ccccc45)cc3)ccc2-c2cc3c(cc21)sc1ccccc13. The van der Waals surface area contributed by atoms with Gasteiger partial charge in [0.15, 0.2) is 0 Å². The fourth-order valence-corrected chi connectivity index (χ4v) is 8.50. The van der Waals surface area contributed by atoms with E-state index in [-0.39, 0.29) is 5.41 Å². The van der Waals surface area contributed by atoms with Crippen LogP contribution >= 0.6 is 11.3 Å². The van der Waals surface area contributed by atoms with Gasteiger partial charge in [0.2, 0.25) is 0 Å². The van der Waals surface area contributed by atoms with Crippen molar-refractivity contribution in [3.8, 4) is 22.3 Å². The highest BCUT2D eigenvalue weighted by atomic mass is 32.1. The van der Waals surface area contributed by atoms with Crippen LogP contribution in [0.15, 0.2) is 152 Å². The first-order valence-electron chi connectivity index (χ1n) is 15.6. The summed E-state index contributed by atoms with van der Waals surface area (Å²) in [6, 6.07) is 55.7. The third kappa shape index (κ3) is 4.06. The molecule has 0 unspecified atom stereocenters. The average Bonchev–Trinajstić information content (AvgIpc) is 3.56. The summed E-state index contributed by atoms with van der Waals surface area (Å²) in [4.78, 5) is 2.39. The topological polar surface area (TPSA) is 3.24 Å². The maximum atomic E-state index is 2.45. The number of para-hydroxylation sites is 1.